The average Bonchev–Trinajstić information content (AvgIpc) is 2.45. The normalized spacial score (nSPS) is 17.8. The third kappa shape index (κ3) is 5.20. The molecule has 1 N–H and O–H groups in total. The molecule has 1 aliphatic heterocycles. The summed E-state index contributed by atoms with van der Waals surface area (Å²) in [6.07, 6.45) is -2.35. The first-order valence-electron chi connectivity index (χ1n) is 7.40. The van der Waals surface area contributed by atoms with E-state index in [9.17, 15) is 8.78 Å². The fourth-order valence-electron chi connectivity index (χ4n) is 2.76. The molecule has 0 radical (unpaired) electrons. The van der Waals surface area contributed by atoms with Gasteiger partial charge in [0.2, 0.25) is 6.43 Å². The van der Waals surface area contributed by atoms with Gasteiger partial charge in [-0.3, -0.25) is 4.90 Å². The van der Waals surface area contributed by atoms with Crippen molar-refractivity contribution in [3.8, 4) is 0 Å². The molecule has 1 aromatic carbocycles. The van der Waals surface area contributed by atoms with E-state index in [0.717, 1.165) is 31.7 Å². The zero-order chi connectivity index (χ0) is 14.5. The molecule has 1 heterocycles. The number of rotatable bonds is 5. The molecule has 21 heavy (non-hydrogen) atoms. The Kier molecular flexibility index (Phi) is 7.57. The van der Waals surface area contributed by atoms with E-state index < -0.39 is 6.43 Å². The molecule has 0 spiro atoms. The maximum atomic E-state index is 12.9. The van der Waals surface area contributed by atoms with Crippen molar-refractivity contribution in [1.29, 1.82) is 0 Å². The van der Waals surface area contributed by atoms with E-state index in [-0.39, 0.29) is 24.9 Å². The Balaban J connectivity index is 0.00000220. The van der Waals surface area contributed by atoms with Crippen LogP contribution in [0.15, 0.2) is 24.3 Å². The minimum absolute atomic E-state index is 0. The Morgan fingerprint density at radius 2 is 1.57 bits per heavy atom. The molecule has 5 heteroatoms. The zero-order valence-electron chi connectivity index (χ0n) is 12.7. The third-order valence-corrected chi connectivity index (χ3v) is 3.98. The van der Waals surface area contributed by atoms with Gasteiger partial charge in [-0.2, -0.15) is 0 Å². The van der Waals surface area contributed by atoms with Crippen LogP contribution >= 0.6 is 12.4 Å². The summed E-state index contributed by atoms with van der Waals surface area (Å²) in [5.41, 5.74) is 2.27. The van der Waals surface area contributed by atoms with Gasteiger partial charge in [-0.25, -0.2) is 8.78 Å². The fourth-order valence-corrected chi connectivity index (χ4v) is 2.76. The summed E-state index contributed by atoms with van der Waals surface area (Å²) >= 11 is 0. The molecule has 0 amide bonds. The average molecular weight is 319 g/mol. The lowest BCUT2D eigenvalue weighted by Crippen LogP contribution is -2.45. The van der Waals surface area contributed by atoms with Crippen LogP contribution in [-0.4, -0.2) is 37.5 Å². The highest BCUT2D eigenvalue weighted by Gasteiger charge is 2.25. The van der Waals surface area contributed by atoms with Crippen molar-refractivity contribution in [2.45, 2.75) is 38.7 Å². The van der Waals surface area contributed by atoms with Gasteiger partial charge in [0.05, 0.1) is 0 Å². The number of piperazine rings is 1. The van der Waals surface area contributed by atoms with Crippen molar-refractivity contribution in [3.05, 3.63) is 35.4 Å². The summed E-state index contributed by atoms with van der Waals surface area (Å²) in [7, 11) is 0. The van der Waals surface area contributed by atoms with Crippen molar-refractivity contribution in [1.82, 2.24) is 10.2 Å². The number of halogens is 3. The Morgan fingerprint density at radius 1 is 1.05 bits per heavy atom. The summed E-state index contributed by atoms with van der Waals surface area (Å²) in [5, 5.41) is 3.27. The highest BCUT2D eigenvalue weighted by atomic mass is 35.5. The maximum absolute atomic E-state index is 12.9. The number of hydrogen-bond donors (Lipinski definition) is 1. The quantitative estimate of drug-likeness (QED) is 0.887. The van der Waals surface area contributed by atoms with Crippen LogP contribution in [0.3, 0.4) is 0 Å². The second-order valence-electron chi connectivity index (χ2n) is 5.75. The van der Waals surface area contributed by atoms with E-state index in [1.54, 1.807) is 0 Å². The molecule has 1 aliphatic rings. The Morgan fingerprint density at radius 3 is 2.05 bits per heavy atom. The lowest BCUT2D eigenvalue weighted by Gasteiger charge is -2.35. The molecule has 1 saturated heterocycles. The van der Waals surface area contributed by atoms with Crippen LogP contribution in [0.5, 0.6) is 0 Å². The molecule has 0 aliphatic carbocycles. The molecule has 2 rings (SSSR count). The van der Waals surface area contributed by atoms with E-state index in [2.05, 4.69) is 36.2 Å². The van der Waals surface area contributed by atoms with Crippen LogP contribution in [-0.2, 0) is 0 Å². The number of hydrogen-bond acceptors (Lipinski definition) is 2. The summed E-state index contributed by atoms with van der Waals surface area (Å²) in [4.78, 5) is 2.17. The zero-order valence-corrected chi connectivity index (χ0v) is 13.5. The van der Waals surface area contributed by atoms with E-state index in [4.69, 9.17) is 0 Å². The highest BCUT2D eigenvalue weighted by Crippen LogP contribution is 2.28. The molecule has 0 aromatic heterocycles. The van der Waals surface area contributed by atoms with Crippen molar-refractivity contribution < 1.29 is 8.78 Å². The number of alkyl halides is 2. The molecule has 0 bridgehead atoms. The van der Waals surface area contributed by atoms with Gasteiger partial charge in [-0.15, -0.1) is 12.4 Å². The number of nitrogens with zero attached hydrogens (tertiary/aromatic N) is 1. The summed E-state index contributed by atoms with van der Waals surface area (Å²) in [5.74, 6) is 0.469. The molecule has 1 atom stereocenters. The SMILES string of the molecule is CC(C)c1ccc([C@H](CC(F)F)N2CCNCC2)cc1.Cl. The van der Waals surface area contributed by atoms with Gasteiger partial charge in [0.1, 0.15) is 0 Å². The van der Waals surface area contributed by atoms with Crippen molar-refractivity contribution >= 4 is 12.4 Å². The van der Waals surface area contributed by atoms with E-state index in [1.165, 1.54) is 5.56 Å². The van der Waals surface area contributed by atoms with Crippen molar-refractivity contribution in [3.63, 3.8) is 0 Å². The number of nitrogens with one attached hydrogen (secondary N) is 1. The Hall–Kier alpha value is -0.710. The molecule has 120 valence electrons. The van der Waals surface area contributed by atoms with Crippen LogP contribution in [0.1, 0.15) is 43.4 Å². The van der Waals surface area contributed by atoms with Gasteiger partial charge < -0.3 is 5.32 Å². The van der Waals surface area contributed by atoms with E-state index >= 15 is 0 Å². The second kappa shape index (κ2) is 8.66. The largest absolute Gasteiger partial charge is 0.314 e. The first-order chi connectivity index (χ1) is 9.58. The molecule has 0 saturated carbocycles. The van der Waals surface area contributed by atoms with Gasteiger partial charge in [0, 0.05) is 38.6 Å². The van der Waals surface area contributed by atoms with Crippen LogP contribution in [0.4, 0.5) is 8.78 Å². The molecular formula is C16H25ClF2N2. The predicted molar refractivity (Wildman–Crippen MR) is 85.6 cm³/mol. The first-order valence-corrected chi connectivity index (χ1v) is 7.40. The topological polar surface area (TPSA) is 15.3 Å². The lowest BCUT2D eigenvalue weighted by atomic mass is 9.96. The summed E-state index contributed by atoms with van der Waals surface area (Å²) in [6.45, 7) is 7.71. The van der Waals surface area contributed by atoms with Gasteiger partial charge in [0.15, 0.2) is 0 Å². The minimum Gasteiger partial charge on any atom is -0.314 e. The van der Waals surface area contributed by atoms with Gasteiger partial charge in [0.25, 0.3) is 0 Å². The minimum atomic E-state index is -2.26. The van der Waals surface area contributed by atoms with Crippen molar-refractivity contribution in [2.75, 3.05) is 26.2 Å². The van der Waals surface area contributed by atoms with E-state index in [1.807, 2.05) is 12.1 Å². The third-order valence-electron chi connectivity index (χ3n) is 3.98. The van der Waals surface area contributed by atoms with Gasteiger partial charge >= 0.3 is 0 Å². The molecule has 1 fully saturated rings. The van der Waals surface area contributed by atoms with E-state index in [0.29, 0.717) is 5.92 Å². The smallest absolute Gasteiger partial charge is 0.240 e. The van der Waals surface area contributed by atoms with Gasteiger partial charge in [-0.05, 0) is 17.0 Å². The van der Waals surface area contributed by atoms with Crippen LogP contribution in [0.25, 0.3) is 0 Å². The standard InChI is InChI=1S/C16H24F2N2.ClH/c1-12(2)13-3-5-14(6-4-13)15(11-16(17)18)20-9-7-19-8-10-20;/h3-6,12,15-16,19H,7-11H2,1-2H3;1H/t15-;/m0./s1. The summed E-state index contributed by atoms with van der Waals surface area (Å²) < 4.78 is 25.8. The molecule has 2 nitrogen and oxygen atoms in total. The lowest BCUT2D eigenvalue weighted by molar-refractivity contribution is 0.0739. The van der Waals surface area contributed by atoms with Crippen molar-refractivity contribution in [2.24, 2.45) is 0 Å². The first kappa shape index (κ1) is 18.3. The highest BCUT2D eigenvalue weighted by molar-refractivity contribution is 5.85. The molecular weight excluding hydrogens is 294 g/mol. The van der Waals surface area contributed by atoms with Crippen LogP contribution in [0.2, 0.25) is 0 Å². The second-order valence-corrected chi connectivity index (χ2v) is 5.75. The van der Waals surface area contributed by atoms with Crippen LogP contribution < -0.4 is 5.32 Å². The molecule has 1 aromatic rings. The summed E-state index contributed by atoms with van der Waals surface area (Å²) in [6, 6.07) is 8.01. The number of benzene rings is 1. The Labute approximate surface area is 132 Å². The molecule has 0 unspecified atom stereocenters. The monoisotopic (exact) mass is 318 g/mol. The Bertz CT molecular complexity index is 403. The van der Waals surface area contributed by atoms with Crippen LogP contribution in [0, 0.1) is 0 Å². The maximum Gasteiger partial charge on any atom is 0.240 e. The van der Waals surface area contributed by atoms with Gasteiger partial charge in [-0.1, -0.05) is 38.1 Å². The predicted octanol–water partition coefficient (Wildman–Crippen LogP) is 3.83. The fraction of sp³-hybridized carbons (Fsp3) is 0.625.